The van der Waals surface area contributed by atoms with Gasteiger partial charge in [-0.2, -0.15) is 8.42 Å². The number of fused-ring (bicyclic) bond motifs is 1. The highest BCUT2D eigenvalue weighted by atomic mass is 32.2. The van der Waals surface area contributed by atoms with E-state index in [0.29, 0.717) is 17.9 Å². The Morgan fingerprint density at radius 3 is 2.74 bits per heavy atom. The van der Waals surface area contributed by atoms with Gasteiger partial charge in [0.05, 0.1) is 21.2 Å². The van der Waals surface area contributed by atoms with Gasteiger partial charge in [-0.15, -0.1) is 11.3 Å². The van der Waals surface area contributed by atoms with Crippen LogP contribution in [-0.4, -0.2) is 55.6 Å². The van der Waals surface area contributed by atoms with Crippen LogP contribution in [0.2, 0.25) is 0 Å². The topological polar surface area (TPSA) is 120 Å². The Morgan fingerprint density at radius 1 is 1.14 bits per heavy atom. The Bertz CT molecular complexity index is 1690. The fourth-order valence-electron chi connectivity index (χ4n) is 4.77. The summed E-state index contributed by atoms with van der Waals surface area (Å²) < 4.78 is 53.1. The molecular formula is C32H35N3O6S2. The highest BCUT2D eigenvalue weighted by Crippen LogP contribution is 2.28. The van der Waals surface area contributed by atoms with Crippen LogP contribution >= 0.6 is 11.3 Å². The van der Waals surface area contributed by atoms with Crippen molar-refractivity contribution in [3.63, 3.8) is 0 Å². The number of anilines is 1. The minimum Gasteiger partial charge on any atom is -0.491 e. The van der Waals surface area contributed by atoms with E-state index in [0.717, 1.165) is 51.4 Å². The van der Waals surface area contributed by atoms with Gasteiger partial charge in [0.15, 0.2) is 6.29 Å². The lowest BCUT2D eigenvalue weighted by Gasteiger charge is -2.28. The number of hydrogen-bond donors (Lipinski definition) is 2. The summed E-state index contributed by atoms with van der Waals surface area (Å²) in [6.07, 6.45) is 11.7. The van der Waals surface area contributed by atoms with E-state index >= 15 is 0 Å². The van der Waals surface area contributed by atoms with E-state index in [-0.39, 0.29) is 17.9 Å². The summed E-state index contributed by atoms with van der Waals surface area (Å²) in [5.74, 6) is 1.48. The Hall–Kier alpha value is -3.61. The number of nitrogens with one attached hydrogen (secondary N) is 1. The van der Waals surface area contributed by atoms with Crippen molar-refractivity contribution in [1.82, 2.24) is 9.97 Å². The number of ether oxygens (including phenoxy) is 3. The second kappa shape index (κ2) is 14.2. The first-order valence-corrected chi connectivity index (χ1v) is 16.4. The zero-order valence-electron chi connectivity index (χ0n) is 24.1. The largest absolute Gasteiger partial charge is 0.491 e. The van der Waals surface area contributed by atoms with Crippen molar-refractivity contribution in [1.29, 1.82) is 0 Å². The summed E-state index contributed by atoms with van der Waals surface area (Å²) in [6, 6.07) is 14.5. The van der Waals surface area contributed by atoms with Crippen molar-refractivity contribution < 1.29 is 27.2 Å². The smallest absolute Gasteiger partial charge is 0.294 e. The molecule has 2 unspecified atom stereocenters. The van der Waals surface area contributed by atoms with Gasteiger partial charge in [0.1, 0.15) is 23.2 Å². The van der Waals surface area contributed by atoms with Crippen molar-refractivity contribution >= 4 is 49.6 Å². The first kappa shape index (κ1) is 30.8. The van der Waals surface area contributed by atoms with E-state index in [9.17, 15) is 13.0 Å². The van der Waals surface area contributed by atoms with Gasteiger partial charge in [0.25, 0.3) is 10.1 Å². The lowest BCUT2D eigenvalue weighted by molar-refractivity contribution is -0.192. The average Bonchev–Trinajstić information content (AvgIpc) is 3.40. The SMILES string of the molecule is CNc1ccc(/C=C/C=C/c2nc3ccc(OCC(Cc4cc(C)ccc4S(=O)(=O)O)OC4CCCCO4)cc3s2)cn1. The fourth-order valence-corrected chi connectivity index (χ4v) is 6.40. The lowest BCUT2D eigenvalue weighted by Crippen LogP contribution is -2.33. The van der Waals surface area contributed by atoms with Gasteiger partial charge in [-0.1, -0.05) is 35.9 Å². The summed E-state index contributed by atoms with van der Waals surface area (Å²) in [7, 11) is -2.55. The van der Waals surface area contributed by atoms with Crippen LogP contribution in [0, 0.1) is 6.92 Å². The quantitative estimate of drug-likeness (QED) is 0.134. The molecule has 2 aromatic carbocycles. The molecule has 0 bridgehead atoms. The standard InChI is InChI=1S/C32H35N3O6S2/c1-22-10-14-29(43(36,37)38)24(17-22)18-26(41-32-9-5-6-16-39-32)21-40-25-12-13-27-28(19-25)42-31(35-27)8-4-3-7-23-11-15-30(33-2)34-20-23/h3-4,7-8,10-15,17,19-20,26,32H,5-6,9,16,18,21H2,1-2H3,(H,33,34)(H,36,37,38)/b7-3+,8-4+. The van der Waals surface area contributed by atoms with Crippen LogP contribution in [0.1, 0.15) is 41.0 Å². The molecular weight excluding hydrogens is 587 g/mol. The molecule has 5 rings (SSSR count). The zero-order chi connectivity index (χ0) is 30.2. The summed E-state index contributed by atoms with van der Waals surface area (Å²) in [6.45, 7) is 2.66. The molecule has 1 fully saturated rings. The molecule has 0 radical (unpaired) electrons. The number of nitrogens with zero attached hydrogens (tertiary/aromatic N) is 2. The molecule has 0 amide bonds. The molecule has 1 aliphatic rings. The monoisotopic (exact) mass is 621 g/mol. The van der Waals surface area contributed by atoms with E-state index in [1.807, 2.05) is 74.8 Å². The lowest BCUT2D eigenvalue weighted by atomic mass is 10.1. The number of benzene rings is 2. The van der Waals surface area contributed by atoms with Crippen molar-refractivity contribution in [2.45, 2.75) is 49.9 Å². The van der Waals surface area contributed by atoms with Gasteiger partial charge >= 0.3 is 0 Å². The molecule has 226 valence electrons. The van der Waals surface area contributed by atoms with Crippen LogP contribution in [0.5, 0.6) is 5.75 Å². The molecule has 2 N–H and O–H groups in total. The number of hydrogen-bond acceptors (Lipinski definition) is 9. The second-order valence-corrected chi connectivity index (χ2v) is 12.7. The molecule has 4 aromatic rings. The average molecular weight is 622 g/mol. The van der Waals surface area contributed by atoms with Crippen LogP contribution in [0.4, 0.5) is 5.82 Å². The normalized spacial score (nSPS) is 16.7. The summed E-state index contributed by atoms with van der Waals surface area (Å²) in [5.41, 5.74) is 3.23. The van der Waals surface area contributed by atoms with Crippen molar-refractivity contribution in [2.24, 2.45) is 0 Å². The number of aryl methyl sites for hydroxylation is 1. The minimum absolute atomic E-state index is 0.124. The van der Waals surface area contributed by atoms with Crippen molar-refractivity contribution in [2.75, 3.05) is 25.6 Å². The summed E-state index contributed by atoms with van der Waals surface area (Å²) in [4.78, 5) is 8.87. The third kappa shape index (κ3) is 8.71. The molecule has 2 atom stereocenters. The molecule has 3 heterocycles. The molecule has 9 nitrogen and oxygen atoms in total. The second-order valence-electron chi connectivity index (χ2n) is 10.3. The number of aromatic nitrogens is 2. The van der Waals surface area contributed by atoms with Crippen LogP contribution in [0.15, 0.2) is 71.8 Å². The minimum atomic E-state index is -4.39. The molecule has 2 aromatic heterocycles. The molecule has 1 saturated heterocycles. The van der Waals surface area contributed by atoms with Crippen molar-refractivity contribution in [3.05, 3.63) is 88.6 Å². The van der Waals surface area contributed by atoms with E-state index in [4.69, 9.17) is 19.2 Å². The number of pyridine rings is 1. The predicted octanol–water partition coefficient (Wildman–Crippen LogP) is 6.55. The van der Waals surface area contributed by atoms with E-state index < -0.39 is 22.5 Å². The molecule has 1 aliphatic heterocycles. The summed E-state index contributed by atoms with van der Waals surface area (Å²) >= 11 is 1.56. The first-order chi connectivity index (χ1) is 20.8. The number of allylic oxidation sites excluding steroid dienone is 2. The maximum atomic E-state index is 12.1. The fraction of sp³-hybridized carbons (Fsp3) is 0.312. The highest BCUT2D eigenvalue weighted by Gasteiger charge is 2.24. The molecule has 11 heteroatoms. The Balaban J connectivity index is 1.27. The van der Waals surface area contributed by atoms with Gasteiger partial charge < -0.3 is 19.5 Å². The maximum absolute atomic E-state index is 12.1. The highest BCUT2D eigenvalue weighted by molar-refractivity contribution is 7.85. The van der Waals surface area contributed by atoms with Gasteiger partial charge in [0.2, 0.25) is 0 Å². The van der Waals surface area contributed by atoms with Gasteiger partial charge in [0, 0.05) is 26.3 Å². The van der Waals surface area contributed by atoms with Crippen molar-refractivity contribution in [3.8, 4) is 5.75 Å². The van der Waals surface area contributed by atoms with Crippen LogP contribution in [0.25, 0.3) is 22.4 Å². The van der Waals surface area contributed by atoms with Gasteiger partial charge in [-0.3, -0.25) is 4.55 Å². The van der Waals surface area contributed by atoms with E-state index in [1.54, 1.807) is 23.5 Å². The number of rotatable bonds is 12. The molecule has 43 heavy (non-hydrogen) atoms. The van der Waals surface area contributed by atoms with E-state index in [2.05, 4.69) is 10.3 Å². The molecule has 0 spiro atoms. The van der Waals surface area contributed by atoms with Crippen LogP contribution in [0.3, 0.4) is 0 Å². The maximum Gasteiger partial charge on any atom is 0.294 e. The Kier molecular flexibility index (Phi) is 10.2. The molecule has 0 aliphatic carbocycles. The number of thiazole rings is 1. The summed E-state index contributed by atoms with van der Waals surface area (Å²) in [5, 5.41) is 3.87. The Labute approximate surface area is 256 Å². The van der Waals surface area contributed by atoms with E-state index in [1.165, 1.54) is 6.07 Å². The van der Waals surface area contributed by atoms with Crippen LogP contribution < -0.4 is 10.1 Å². The van der Waals surface area contributed by atoms with Crippen LogP contribution in [-0.2, 0) is 26.0 Å². The Morgan fingerprint density at radius 2 is 2.00 bits per heavy atom. The zero-order valence-corrected chi connectivity index (χ0v) is 25.7. The van der Waals surface area contributed by atoms with Gasteiger partial charge in [-0.05, 0) is 79.8 Å². The first-order valence-electron chi connectivity index (χ1n) is 14.1. The third-order valence-corrected chi connectivity index (χ3v) is 8.85. The third-order valence-electron chi connectivity index (χ3n) is 6.92. The predicted molar refractivity (Wildman–Crippen MR) is 170 cm³/mol. The molecule has 0 saturated carbocycles. The van der Waals surface area contributed by atoms with Gasteiger partial charge in [-0.25, -0.2) is 9.97 Å².